The first kappa shape index (κ1) is 12.2. The Morgan fingerprint density at radius 3 is 2.30 bits per heavy atom. The highest BCUT2D eigenvalue weighted by molar-refractivity contribution is 4.92. The highest BCUT2D eigenvalue weighted by Crippen LogP contribution is 2.01. The lowest BCUT2D eigenvalue weighted by Gasteiger charge is -1.91. The van der Waals surface area contributed by atoms with Crippen LogP contribution in [0.5, 0.6) is 0 Å². The van der Waals surface area contributed by atoms with E-state index in [0.29, 0.717) is 0 Å². The van der Waals surface area contributed by atoms with Crippen LogP contribution in [0.15, 0.2) is 0 Å². The van der Waals surface area contributed by atoms with Crippen LogP contribution in [0.1, 0.15) is 34.1 Å². The van der Waals surface area contributed by atoms with Crippen molar-refractivity contribution >= 4 is 0 Å². The quantitative estimate of drug-likeness (QED) is 0.561. The van der Waals surface area contributed by atoms with Crippen molar-refractivity contribution in [2.45, 2.75) is 40.2 Å². The van der Waals surface area contributed by atoms with Gasteiger partial charge in [-0.05, 0) is 19.4 Å². The third-order valence-electron chi connectivity index (χ3n) is 1.22. The second-order valence-electron chi connectivity index (χ2n) is 1.78. The zero-order valence-electron chi connectivity index (χ0n) is 6.15. The van der Waals surface area contributed by atoms with Crippen LogP contribution >= 0.6 is 0 Å². The van der Waals surface area contributed by atoms with Crippen molar-refractivity contribution in [3.8, 4) is 6.07 Å². The Morgan fingerprint density at radius 1 is 1.50 bits per heavy atom. The van der Waals surface area contributed by atoms with Crippen molar-refractivity contribution in [1.82, 2.24) is 5.32 Å². The summed E-state index contributed by atoms with van der Waals surface area (Å²) >= 11 is 0. The summed E-state index contributed by atoms with van der Waals surface area (Å²) in [7, 11) is 0. The number of hydrogen-bond acceptors (Lipinski definition) is 2. The molecule has 0 spiro atoms. The molecule has 1 fully saturated rings. The van der Waals surface area contributed by atoms with Crippen LogP contribution in [0.25, 0.3) is 0 Å². The van der Waals surface area contributed by atoms with E-state index in [2.05, 4.69) is 11.4 Å². The van der Waals surface area contributed by atoms with Gasteiger partial charge in [0.05, 0.1) is 12.1 Å². The minimum Gasteiger partial charge on any atom is -0.302 e. The molecule has 2 heteroatoms. The van der Waals surface area contributed by atoms with E-state index in [4.69, 9.17) is 5.26 Å². The second-order valence-corrected chi connectivity index (χ2v) is 1.78. The summed E-state index contributed by atoms with van der Waals surface area (Å²) < 4.78 is 0. The van der Waals surface area contributed by atoms with Crippen LogP contribution in [0.2, 0.25) is 0 Å². The molecule has 1 aliphatic heterocycles. The largest absolute Gasteiger partial charge is 0.302 e. The molecule has 60 valence electrons. The molecule has 1 atom stereocenters. The van der Waals surface area contributed by atoms with E-state index in [1.807, 2.05) is 13.8 Å². The number of nitriles is 1. The van der Waals surface area contributed by atoms with Crippen molar-refractivity contribution in [2.75, 3.05) is 6.54 Å². The van der Waals surface area contributed by atoms with Crippen LogP contribution in [-0.4, -0.2) is 12.6 Å². The summed E-state index contributed by atoms with van der Waals surface area (Å²) in [6.45, 7) is 5.03. The standard InChI is InChI=1S/C5H8N2.C2H6.CH4/c6-4-5-2-1-3-7-5;1-2;/h5,7H,1-3H2;1-2H3;1H4. The number of nitrogens with zero attached hydrogens (tertiary/aromatic N) is 1. The summed E-state index contributed by atoms with van der Waals surface area (Å²) in [5.41, 5.74) is 0. The Kier molecular flexibility index (Phi) is 10.3. The Balaban J connectivity index is 0. The fourth-order valence-corrected chi connectivity index (χ4v) is 0.795. The van der Waals surface area contributed by atoms with E-state index < -0.39 is 0 Å². The molecule has 0 bridgehead atoms. The first-order valence-electron chi connectivity index (χ1n) is 3.56. The first-order chi connectivity index (χ1) is 4.43. The minimum atomic E-state index is 0. The monoisotopic (exact) mass is 142 g/mol. The fraction of sp³-hybridized carbons (Fsp3) is 0.875. The Bertz CT molecular complexity index is 87.9. The second kappa shape index (κ2) is 8.45. The summed E-state index contributed by atoms with van der Waals surface area (Å²) in [6.07, 6.45) is 2.20. The van der Waals surface area contributed by atoms with Gasteiger partial charge in [0.1, 0.15) is 0 Å². The lowest BCUT2D eigenvalue weighted by molar-refractivity contribution is 0.740. The number of rotatable bonds is 0. The van der Waals surface area contributed by atoms with Crippen LogP contribution in [-0.2, 0) is 0 Å². The van der Waals surface area contributed by atoms with Gasteiger partial charge in [-0.3, -0.25) is 0 Å². The van der Waals surface area contributed by atoms with E-state index in [1.54, 1.807) is 0 Å². The van der Waals surface area contributed by atoms with Gasteiger partial charge in [-0.25, -0.2) is 0 Å². The Labute approximate surface area is 64.2 Å². The topological polar surface area (TPSA) is 35.8 Å². The van der Waals surface area contributed by atoms with Crippen molar-refractivity contribution in [3.63, 3.8) is 0 Å². The molecule has 0 aromatic heterocycles. The molecule has 1 saturated heterocycles. The Morgan fingerprint density at radius 2 is 2.10 bits per heavy atom. The molecule has 0 saturated carbocycles. The maximum absolute atomic E-state index is 8.25. The van der Waals surface area contributed by atoms with Crippen LogP contribution in [0.3, 0.4) is 0 Å². The molecular weight excluding hydrogens is 124 g/mol. The Hall–Kier alpha value is -0.550. The average molecular weight is 142 g/mol. The molecule has 1 heterocycles. The predicted octanol–water partition coefficient (Wildman–Crippen LogP) is 1.92. The van der Waals surface area contributed by atoms with E-state index in [0.717, 1.165) is 19.4 Å². The maximum Gasteiger partial charge on any atom is 0.0953 e. The van der Waals surface area contributed by atoms with E-state index in [1.165, 1.54) is 0 Å². The van der Waals surface area contributed by atoms with Crippen LogP contribution in [0.4, 0.5) is 0 Å². The van der Waals surface area contributed by atoms with E-state index in [-0.39, 0.29) is 13.5 Å². The molecule has 0 aromatic rings. The van der Waals surface area contributed by atoms with Crippen LogP contribution in [0, 0.1) is 11.3 Å². The van der Waals surface area contributed by atoms with E-state index in [9.17, 15) is 0 Å². The molecule has 1 N–H and O–H groups in total. The molecular formula is C8H18N2. The van der Waals surface area contributed by atoms with Crippen molar-refractivity contribution < 1.29 is 0 Å². The molecule has 1 rings (SSSR count). The van der Waals surface area contributed by atoms with Gasteiger partial charge >= 0.3 is 0 Å². The summed E-state index contributed by atoms with van der Waals surface area (Å²) in [5.74, 6) is 0. The summed E-state index contributed by atoms with van der Waals surface area (Å²) in [4.78, 5) is 0. The molecule has 10 heavy (non-hydrogen) atoms. The molecule has 0 radical (unpaired) electrons. The fourth-order valence-electron chi connectivity index (χ4n) is 0.795. The molecule has 0 amide bonds. The third kappa shape index (κ3) is 4.34. The number of nitrogens with one attached hydrogen (secondary N) is 1. The molecule has 2 nitrogen and oxygen atoms in total. The van der Waals surface area contributed by atoms with Gasteiger partial charge in [0, 0.05) is 0 Å². The van der Waals surface area contributed by atoms with Gasteiger partial charge in [-0.2, -0.15) is 5.26 Å². The lowest BCUT2D eigenvalue weighted by atomic mass is 10.2. The van der Waals surface area contributed by atoms with Gasteiger partial charge in [0.25, 0.3) is 0 Å². The smallest absolute Gasteiger partial charge is 0.0953 e. The maximum atomic E-state index is 8.25. The van der Waals surface area contributed by atoms with Crippen molar-refractivity contribution in [1.29, 1.82) is 5.26 Å². The summed E-state index contributed by atoms with van der Waals surface area (Å²) in [6, 6.07) is 2.31. The zero-order valence-corrected chi connectivity index (χ0v) is 6.15. The van der Waals surface area contributed by atoms with Crippen LogP contribution < -0.4 is 5.32 Å². The molecule has 0 aromatic carbocycles. The predicted molar refractivity (Wildman–Crippen MR) is 44.7 cm³/mol. The van der Waals surface area contributed by atoms with Gasteiger partial charge in [0.2, 0.25) is 0 Å². The SMILES string of the molecule is C.CC.N#CC1CCCN1. The van der Waals surface area contributed by atoms with Crippen molar-refractivity contribution in [2.24, 2.45) is 0 Å². The van der Waals surface area contributed by atoms with Gasteiger partial charge < -0.3 is 5.32 Å². The third-order valence-corrected chi connectivity index (χ3v) is 1.22. The molecule has 0 aliphatic carbocycles. The lowest BCUT2D eigenvalue weighted by Crippen LogP contribution is -2.18. The van der Waals surface area contributed by atoms with Gasteiger partial charge in [0.15, 0.2) is 0 Å². The number of hydrogen-bond donors (Lipinski definition) is 1. The van der Waals surface area contributed by atoms with E-state index >= 15 is 0 Å². The molecule has 1 unspecified atom stereocenters. The highest BCUT2D eigenvalue weighted by Gasteiger charge is 2.10. The minimum absolute atomic E-state index is 0. The normalized spacial score (nSPS) is 21.5. The van der Waals surface area contributed by atoms with Gasteiger partial charge in [-0.15, -0.1) is 0 Å². The molecule has 1 aliphatic rings. The zero-order chi connectivity index (χ0) is 7.11. The van der Waals surface area contributed by atoms with Gasteiger partial charge in [-0.1, -0.05) is 21.3 Å². The highest BCUT2D eigenvalue weighted by atomic mass is 14.9. The van der Waals surface area contributed by atoms with Crippen molar-refractivity contribution in [3.05, 3.63) is 0 Å². The average Bonchev–Trinajstić information content (AvgIpc) is 2.43. The first-order valence-corrected chi connectivity index (χ1v) is 3.56. The summed E-state index contributed by atoms with van der Waals surface area (Å²) in [5, 5.41) is 11.3.